The number of ether oxygens (including phenoxy) is 1. The number of aromatic nitrogens is 2. The minimum absolute atomic E-state index is 0.284. The number of amides is 2. The molecule has 2 heterocycles. The van der Waals surface area contributed by atoms with Gasteiger partial charge in [-0.25, -0.2) is 10.1 Å². The van der Waals surface area contributed by atoms with Gasteiger partial charge >= 0.3 is 11.8 Å². The molecule has 0 bridgehead atoms. The number of morpholine rings is 1. The molecule has 142 valence electrons. The first-order chi connectivity index (χ1) is 13.0. The molecule has 1 aliphatic heterocycles. The first-order valence-corrected chi connectivity index (χ1v) is 8.57. The van der Waals surface area contributed by atoms with Crippen LogP contribution in [0, 0.1) is 6.92 Å². The van der Waals surface area contributed by atoms with Crippen molar-refractivity contribution in [1.82, 2.24) is 20.1 Å². The molecule has 9 heteroatoms. The van der Waals surface area contributed by atoms with E-state index in [1.54, 1.807) is 26.0 Å². The van der Waals surface area contributed by atoms with E-state index in [4.69, 9.17) is 4.74 Å². The average molecular weight is 371 g/mol. The Kier molecular flexibility index (Phi) is 5.51. The summed E-state index contributed by atoms with van der Waals surface area (Å²) in [5, 5.41) is 6.94. The highest BCUT2D eigenvalue weighted by Crippen LogP contribution is 2.07. The Balaban J connectivity index is 1.76. The molecule has 1 saturated heterocycles. The Bertz CT molecular complexity index is 923. The van der Waals surface area contributed by atoms with Crippen molar-refractivity contribution in [2.75, 3.05) is 26.3 Å². The highest BCUT2D eigenvalue weighted by molar-refractivity contribution is 6.35. The van der Waals surface area contributed by atoms with Gasteiger partial charge in [-0.15, -0.1) is 0 Å². The van der Waals surface area contributed by atoms with E-state index in [9.17, 15) is 14.4 Å². The van der Waals surface area contributed by atoms with Crippen molar-refractivity contribution >= 4 is 17.5 Å². The quantitative estimate of drug-likeness (QED) is 0.455. The van der Waals surface area contributed by atoms with E-state index >= 15 is 0 Å². The molecule has 0 spiro atoms. The van der Waals surface area contributed by atoms with Crippen molar-refractivity contribution in [3.63, 3.8) is 0 Å². The number of nitrogens with zero attached hydrogens (tertiary/aromatic N) is 3. The minimum Gasteiger partial charge on any atom is -0.378 e. The topological polar surface area (TPSA) is 109 Å². The van der Waals surface area contributed by atoms with E-state index in [0.717, 1.165) is 0 Å². The summed E-state index contributed by atoms with van der Waals surface area (Å²) in [7, 11) is 0. The molecule has 1 aliphatic rings. The third-order valence-electron chi connectivity index (χ3n) is 4.27. The van der Waals surface area contributed by atoms with Crippen molar-refractivity contribution in [3.8, 4) is 5.69 Å². The van der Waals surface area contributed by atoms with Crippen LogP contribution >= 0.6 is 0 Å². The van der Waals surface area contributed by atoms with Gasteiger partial charge in [0.25, 0.3) is 5.56 Å². The second-order valence-corrected chi connectivity index (χ2v) is 6.13. The van der Waals surface area contributed by atoms with Crippen LogP contribution in [0.15, 0.2) is 40.2 Å². The Morgan fingerprint density at radius 1 is 1.19 bits per heavy atom. The number of aromatic amines is 1. The first-order valence-electron chi connectivity index (χ1n) is 8.57. The van der Waals surface area contributed by atoms with Crippen molar-refractivity contribution < 1.29 is 14.3 Å². The summed E-state index contributed by atoms with van der Waals surface area (Å²) in [4.78, 5) is 38.2. The van der Waals surface area contributed by atoms with Gasteiger partial charge in [-0.05, 0) is 26.0 Å². The van der Waals surface area contributed by atoms with Crippen LogP contribution in [0.1, 0.15) is 18.2 Å². The van der Waals surface area contributed by atoms with Gasteiger partial charge in [0.05, 0.1) is 30.2 Å². The molecular weight excluding hydrogens is 350 g/mol. The molecular formula is C18H21N5O4. The highest BCUT2D eigenvalue weighted by Gasteiger charge is 2.23. The van der Waals surface area contributed by atoms with Gasteiger partial charge in [0.2, 0.25) is 0 Å². The number of rotatable bonds is 3. The Morgan fingerprint density at radius 3 is 2.52 bits per heavy atom. The normalized spacial score (nSPS) is 14.9. The van der Waals surface area contributed by atoms with Crippen LogP contribution in [0.2, 0.25) is 0 Å². The van der Waals surface area contributed by atoms with E-state index in [0.29, 0.717) is 49.0 Å². The van der Waals surface area contributed by atoms with Crippen LogP contribution < -0.4 is 11.0 Å². The van der Waals surface area contributed by atoms with Gasteiger partial charge in [-0.3, -0.25) is 19.5 Å². The predicted molar refractivity (Wildman–Crippen MR) is 98.9 cm³/mol. The van der Waals surface area contributed by atoms with Gasteiger partial charge in [-0.1, -0.05) is 18.2 Å². The van der Waals surface area contributed by atoms with Crippen LogP contribution in [0.25, 0.3) is 5.69 Å². The van der Waals surface area contributed by atoms with Crippen molar-refractivity contribution in [3.05, 3.63) is 51.9 Å². The molecule has 0 saturated carbocycles. The third kappa shape index (κ3) is 3.98. The number of benzene rings is 1. The summed E-state index contributed by atoms with van der Waals surface area (Å²) in [6.07, 6.45) is 0. The Labute approximate surface area is 155 Å². The number of nitrogens with one attached hydrogen (secondary N) is 2. The molecule has 1 fully saturated rings. The zero-order valence-electron chi connectivity index (χ0n) is 15.2. The van der Waals surface area contributed by atoms with E-state index in [1.165, 1.54) is 9.58 Å². The Morgan fingerprint density at radius 2 is 1.85 bits per heavy atom. The number of hydrogen-bond donors (Lipinski definition) is 2. The van der Waals surface area contributed by atoms with Gasteiger partial charge in [0.15, 0.2) is 0 Å². The molecule has 2 N–H and O–H groups in total. The average Bonchev–Trinajstić information content (AvgIpc) is 3.00. The summed E-state index contributed by atoms with van der Waals surface area (Å²) >= 11 is 0. The lowest BCUT2D eigenvalue weighted by atomic mass is 10.2. The fourth-order valence-corrected chi connectivity index (χ4v) is 2.88. The molecule has 1 aromatic carbocycles. The zero-order chi connectivity index (χ0) is 19.4. The second kappa shape index (κ2) is 8.00. The monoisotopic (exact) mass is 371 g/mol. The smallest absolute Gasteiger partial charge is 0.329 e. The Hall–Kier alpha value is -3.20. The van der Waals surface area contributed by atoms with E-state index in [2.05, 4.69) is 15.6 Å². The number of para-hydroxylation sites is 1. The zero-order valence-corrected chi connectivity index (χ0v) is 15.2. The summed E-state index contributed by atoms with van der Waals surface area (Å²) in [5.74, 6) is -1.50. The third-order valence-corrected chi connectivity index (χ3v) is 4.27. The van der Waals surface area contributed by atoms with Crippen LogP contribution in [0.4, 0.5) is 0 Å². The molecule has 2 amide bonds. The van der Waals surface area contributed by atoms with E-state index in [-0.39, 0.29) is 5.56 Å². The lowest BCUT2D eigenvalue weighted by Gasteiger charge is -2.25. The van der Waals surface area contributed by atoms with Crippen LogP contribution in [0.3, 0.4) is 0 Å². The molecule has 27 heavy (non-hydrogen) atoms. The van der Waals surface area contributed by atoms with Crippen LogP contribution in [0.5, 0.6) is 0 Å². The maximum atomic E-state index is 12.7. The van der Waals surface area contributed by atoms with Crippen LogP contribution in [-0.2, 0) is 14.3 Å². The second-order valence-electron chi connectivity index (χ2n) is 6.13. The highest BCUT2D eigenvalue weighted by atomic mass is 16.5. The van der Waals surface area contributed by atoms with Crippen molar-refractivity contribution in [1.29, 1.82) is 0 Å². The number of H-pyrrole nitrogens is 1. The summed E-state index contributed by atoms with van der Waals surface area (Å²) < 4.78 is 6.56. The van der Waals surface area contributed by atoms with Crippen molar-refractivity contribution in [2.24, 2.45) is 5.10 Å². The van der Waals surface area contributed by atoms with Gasteiger partial charge in [0, 0.05) is 18.8 Å². The summed E-state index contributed by atoms with van der Waals surface area (Å²) in [5.41, 5.74) is 3.91. The standard InChI is InChI=1S/C18H21N5O4/c1-12(19-20-16(24)18(26)22-8-10-27-11-9-22)15-13(2)21-23(17(15)25)14-6-4-3-5-7-14/h3-7,21H,8-11H2,1-2H3,(H,20,24). The minimum atomic E-state index is -0.840. The summed E-state index contributed by atoms with van der Waals surface area (Å²) in [6.45, 7) is 4.90. The van der Waals surface area contributed by atoms with E-state index in [1.807, 2.05) is 18.2 Å². The summed E-state index contributed by atoms with van der Waals surface area (Å²) in [6, 6.07) is 9.12. The fraction of sp³-hybridized carbons (Fsp3) is 0.333. The maximum absolute atomic E-state index is 12.7. The van der Waals surface area contributed by atoms with Gasteiger partial charge in [0.1, 0.15) is 0 Å². The number of hydrazone groups is 1. The number of aryl methyl sites for hydroxylation is 1. The lowest BCUT2D eigenvalue weighted by Crippen LogP contribution is -2.47. The molecule has 0 aliphatic carbocycles. The first kappa shape index (κ1) is 18.6. The van der Waals surface area contributed by atoms with Crippen LogP contribution in [-0.4, -0.2) is 58.5 Å². The molecule has 2 aromatic rings. The number of hydrogen-bond acceptors (Lipinski definition) is 5. The molecule has 0 radical (unpaired) electrons. The number of carbonyl (C=O) groups is 2. The lowest BCUT2D eigenvalue weighted by molar-refractivity contribution is -0.148. The van der Waals surface area contributed by atoms with E-state index < -0.39 is 11.8 Å². The van der Waals surface area contributed by atoms with Crippen molar-refractivity contribution in [2.45, 2.75) is 13.8 Å². The molecule has 9 nitrogen and oxygen atoms in total. The van der Waals surface area contributed by atoms with Gasteiger partial charge in [-0.2, -0.15) is 5.10 Å². The largest absolute Gasteiger partial charge is 0.378 e. The SMILES string of the molecule is CC(=NNC(=O)C(=O)N1CCOCC1)c1c(C)[nH]n(-c2ccccc2)c1=O. The predicted octanol–water partition coefficient (Wildman–Crippen LogP) is 0.173. The molecule has 1 aromatic heterocycles. The molecule has 0 atom stereocenters. The number of carbonyl (C=O) groups excluding carboxylic acids is 2. The molecule has 3 rings (SSSR count). The molecule has 0 unspecified atom stereocenters. The van der Waals surface area contributed by atoms with Gasteiger partial charge < -0.3 is 9.64 Å². The maximum Gasteiger partial charge on any atom is 0.329 e. The fourth-order valence-electron chi connectivity index (χ4n) is 2.88.